The van der Waals surface area contributed by atoms with Crippen molar-refractivity contribution in [1.82, 2.24) is 19.5 Å². The zero-order valence-electron chi connectivity index (χ0n) is 17.8. The highest BCUT2D eigenvalue weighted by atomic mass is 16.2. The second-order valence-electron chi connectivity index (χ2n) is 8.06. The number of amides is 1. The SMILES string of the molecule is Cc1ccc(N2CCN(C(=O)c3cnn4c(-c5ccccc5)ccnc34)CC2)c(C)c1. The molecule has 0 spiro atoms. The van der Waals surface area contributed by atoms with Gasteiger partial charge in [-0.2, -0.15) is 5.10 Å². The molecule has 1 aliphatic rings. The molecule has 1 amide bonds. The molecule has 6 nitrogen and oxygen atoms in total. The number of fused-ring (bicyclic) bond motifs is 1. The zero-order valence-corrected chi connectivity index (χ0v) is 17.8. The second kappa shape index (κ2) is 7.87. The maximum Gasteiger partial charge on any atom is 0.259 e. The molecule has 0 aliphatic carbocycles. The fraction of sp³-hybridized carbons (Fsp3) is 0.240. The number of aromatic nitrogens is 3. The Morgan fingerprint density at radius 2 is 1.71 bits per heavy atom. The molecular weight excluding hydrogens is 386 g/mol. The van der Waals surface area contributed by atoms with E-state index < -0.39 is 0 Å². The van der Waals surface area contributed by atoms with E-state index in [1.165, 1.54) is 16.8 Å². The summed E-state index contributed by atoms with van der Waals surface area (Å²) < 4.78 is 1.76. The smallest absolute Gasteiger partial charge is 0.259 e. The van der Waals surface area contributed by atoms with Gasteiger partial charge in [-0.15, -0.1) is 0 Å². The highest BCUT2D eigenvalue weighted by molar-refractivity contribution is 6.00. The molecule has 1 saturated heterocycles. The van der Waals surface area contributed by atoms with E-state index in [2.05, 4.69) is 47.0 Å². The minimum absolute atomic E-state index is 0.00649. The molecule has 0 radical (unpaired) electrons. The number of rotatable bonds is 3. The van der Waals surface area contributed by atoms with Crippen LogP contribution in [-0.4, -0.2) is 51.6 Å². The fourth-order valence-corrected chi connectivity index (χ4v) is 4.35. The van der Waals surface area contributed by atoms with Gasteiger partial charge < -0.3 is 9.80 Å². The van der Waals surface area contributed by atoms with Crippen molar-refractivity contribution in [2.24, 2.45) is 0 Å². The minimum Gasteiger partial charge on any atom is -0.368 e. The van der Waals surface area contributed by atoms with Gasteiger partial charge in [-0.1, -0.05) is 48.0 Å². The summed E-state index contributed by atoms with van der Waals surface area (Å²) in [6, 6.07) is 18.5. The highest BCUT2D eigenvalue weighted by Crippen LogP contribution is 2.24. The van der Waals surface area contributed by atoms with Gasteiger partial charge >= 0.3 is 0 Å². The number of piperazine rings is 1. The Morgan fingerprint density at radius 1 is 0.935 bits per heavy atom. The summed E-state index contributed by atoms with van der Waals surface area (Å²) in [7, 11) is 0. The van der Waals surface area contributed by atoms with Crippen molar-refractivity contribution in [3.05, 3.63) is 83.7 Å². The molecule has 0 saturated carbocycles. The van der Waals surface area contributed by atoms with Crippen molar-refractivity contribution in [1.29, 1.82) is 0 Å². The topological polar surface area (TPSA) is 53.7 Å². The third-order valence-electron chi connectivity index (χ3n) is 5.96. The van der Waals surface area contributed by atoms with Crippen LogP contribution in [0.15, 0.2) is 67.0 Å². The molecule has 4 aromatic rings. The first-order valence-corrected chi connectivity index (χ1v) is 10.6. The number of anilines is 1. The monoisotopic (exact) mass is 411 g/mol. The maximum atomic E-state index is 13.3. The van der Waals surface area contributed by atoms with Crippen LogP contribution in [0.3, 0.4) is 0 Å². The third kappa shape index (κ3) is 3.54. The molecule has 1 aliphatic heterocycles. The molecule has 31 heavy (non-hydrogen) atoms. The summed E-state index contributed by atoms with van der Waals surface area (Å²) in [5.74, 6) is -0.00649. The predicted octanol–water partition coefficient (Wildman–Crippen LogP) is 3.98. The van der Waals surface area contributed by atoms with E-state index in [4.69, 9.17) is 0 Å². The number of hydrogen-bond donors (Lipinski definition) is 0. The van der Waals surface area contributed by atoms with Crippen LogP contribution in [0.2, 0.25) is 0 Å². The number of benzene rings is 2. The number of carbonyl (C=O) groups is 1. The lowest BCUT2D eigenvalue weighted by atomic mass is 10.1. The van der Waals surface area contributed by atoms with E-state index in [1.54, 1.807) is 16.9 Å². The van der Waals surface area contributed by atoms with Gasteiger partial charge in [0.25, 0.3) is 5.91 Å². The van der Waals surface area contributed by atoms with Crippen LogP contribution in [0.1, 0.15) is 21.5 Å². The van der Waals surface area contributed by atoms with Crippen LogP contribution in [-0.2, 0) is 0 Å². The number of aryl methyl sites for hydroxylation is 2. The maximum absolute atomic E-state index is 13.3. The molecule has 0 atom stereocenters. The molecule has 5 rings (SSSR count). The van der Waals surface area contributed by atoms with E-state index in [0.717, 1.165) is 24.3 Å². The molecule has 0 unspecified atom stereocenters. The lowest BCUT2D eigenvalue weighted by Crippen LogP contribution is -2.49. The Kier molecular flexibility index (Phi) is 4.90. The van der Waals surface area contributed by atoms with Gasteiger partial charge in [-0.05, 0) is 31.5 Å². The standard InChI is InChI=1S/C25H25N5O/c1-18-8-9-22(19(2)16-18)28-12-14-29(15-13-28)25(31)21-17-27-30-23(10-11-26-24(21)30)20-6-4-3-5-7-20/h3-11,16-17H,12-15H2,1-2H3. The van der Waals surface area contributed by atoms with Crippen LogP contribution in [0.5, 0.6) is 0 Å². The van der Waals surface area contributed by atoms with E-state index in [0.29, 0.717) is 24.3 Å². The Hall–Kier alpha value is -3.67. The average Bonchev–Trinajstić information content (AvgIpc) is 3.24. The quantitative estimate of drug-likeness (QED) is 0.512. The Bertz CT molecular complexity index is 1240. The van der Waals surface area contributed by atoms with Gasteiger partial charge in [0, 0.05) is 43.6 Å². The molecule has 3 heterocycles. The summed E-state index contributed by atoms with van der Waals surface area (Å²) in [4.78, 5) is 22.0. The van der Waals surface area contributed by atoms with Gasteiger partial charge in [-0.3, -0.25) is 4.79 Å². The normalized spacial score (nSPS) is 14.3. The third-order valence-corrected chi connectivity index (χ3v) is 5.96. The van der Waals surface area contributed by atoms with Crippen molar-refractivity contribution < 1.29 is 4.79 Å². The van der Waals surface area contributed by atoms with Crippen LogP contribution < -0.4 is 4.90 Å². The van der Waals surface area contributed by atoms with E-state index in [-0.39, 0.29) is 5.91 Å². The number of nitrogens with zero attached hydrogens (tertiary/aromatic N) is 5. The summed E-state index contributed by atoms with van der Waals surface area (Å²) >= 11 is 0. The summed E-state index contributed by atoms with van der Waals surface area (Å²) in [5, 5.41) is 4.49. The Morgan fingerprint density at radius 3 is 2.45 bits per heavy atom. The van der Waals surface area contributed by atoms with Crippen LogP contribution in [0.4, 0.5) is 5.69 Å². The first-order chi connectivity index (χ1) is 15.1. The van der Waals surface area contributed by atoms with Crippen LogP contribution in [0.25, 0.3) is 16.9 Å². The molecule has 1 fully saturated rings. The first kappa shape index (κ1) is 19.3. The molecule has 6 heteroatoms. The largest absolute Gasteiger partial charge is 0.368 e. The van der Waals surface area contributed by atoms with Crippen molar-refractivity contribution in [2.45, 2.75) is 13.8 Å². The van der Waals surface area contributed by atoms with Gasteiger partial charge in [0.1, 0.15) is 5.56 Å². The highest BCUT2D eigenvalue weighted by Gasteiger charge is 2.26. The van der Waals surface area contributed by atoms with Gasteiger partial charge in [0.2, 0.25) is 0 Å². The zero-order chi connectivity index (χ0) is 21.4. The lowest BCUT2D eigenvalue weighted by Gasteiger charge is -2.36. The average molecular weight is 412 g/mol. The van der Waals surface area contributed by atoms with Crippen molar-refractivity contribution in [3.8, 4) is 11.3 Å². The fourth-order valence-electron chi connectivity index (χ4n) is 4.35. The van der Waals surface area contributed by atoms with E-state index in [1.807, 2.05) is 41.3 Å². The van der Waals surface area contributed by atoms with E-state index in [9.17, 15) is 4.79 Å². The number of carbonyl (C=O) groups excluding carboxylic acids is 1. The Balaban J connectivity index is 1.37. The van der Waals surface area contributed by atoms with Crippen LogP contribution >= 0.6 is 0 Å². The molecule has 2 aromatic heterocycles. The second-order valence-corrected chi connectivity index (χ2v) is 8.06. The van der Waals surface area contributed by atoms with Crippen molar-refractivity contribution >= 4 is 17.2 Å². The van der Waals surface area contributed by atoms with Gasteiger partial charge in [-0.25, -0.2) is 9.50 Å². The molecule has 2 aromatic carbocycles. The first-order valence-electron chi connectivity index (χ1n) is 10.6. The van der Waals surface area contributed by atoms with Gasteiger partial charge in [0.05, 0.1) is 11.9 Å². The van der Waals surface area contributed by atoms with E-state index >= 15 is 0 Å². The molecule has 0 bridgehead atoms. The minimum atomic E-state index is -0.00649. The lowest BCUT2D eigenvalue weighted by molar-refractivity contribution is 0.0748. The molecule has 156 valence electrons. The number of hydrogen-bond acceptors (Lipinski definition) is 4. The van der Waals surface area contributed by atoms with Crippen molar-refractivity contribution in [2.75, 3.05) is 31.1 Å². The summed E-state index contributed by atoms with van der Waals surface area (Å²) in [5.41, 5.74) is 6.91. The predicted molar refractivity (Wildman–Crippen MR) is 122 cm³/mol. The molecule has 0 N–H and O–H groups in total. The Labute approximate surface area is 181 Å². The molecular formula is C25H25N5O. The van der Waals surface area contributed by atoms with Crippen LogP contribution in [0, 0.1) is 13.8 Å². The summed E-state index contributed by atoms with van der Waals surface area (Å²) in [6.07, 6.45) is 3.39. The summed E-state index contributed by atoms with van der Waals surface area (Å²) in [6.45, 7) is 7.26. The van der Waals surface area contributed by atoms with Crippen molar-refractivity contribution in [3.63, 3.8) is 0 Å². The van der Waals surface area contributed by atoms with Gasteiger partial charge in [0.15, 0.2) is 5.65 Å².